The maximum atomic E-state index is 13.1. The van der Waals surface area contributed by atoms with Gasteiger partial charge in [0.15, 0.2) is 16.6 Å². The van der Waals surface area contributed by atoms with Crippen molar-refractivity contribution >= 4 is 68.4 Å². The van der Waals surface area contributed by atoms with Gasteiger partial charge < -0.3 is 9.47 Å². The zero-order valence-electron chi connectivity index (χ0n) is 15.5. The standard InChI is InChI=1S/C20H16BrClN2O4S/c1-3-28-17-15(21)9-11(10-16(17)27-2)8-14-18(25)23-20(29)24(19(14)26)13-6-4-12(22)5-7-13/h4-10H,3H2,1-2H3,(H,23,25,29). The number of amides is 2. The Hall–Kier alpha value is -2.42. The number of hydrogen-bond donors (Lipinski definition) is 1. The lowest BCUT2D eigenvalue weighted by Crippen LogP contribution is -2.54. The molecule has 0 saturated carbocycles. The fraction of sp³-hybridized carbons (Fsp3) is 0.150. The predicted molar refractivity (Wildman–Crippen MR) is 120 cm³/mol. The van der Waals surface area contributed by atoms with E-state index in [1.807, 2.05) is 6.92 Å². The molecular formula is C20H16BrClN2O4S. The van der Waals surface area contributed by atoms with Gasteiger partial charge >= 0.3 is 0 Å². The Morgan fingerprint density at radius 3 is 2.55 bits per heavy atom. The Balaban J connectivity index is 2.02. The first-order valence-corrected chi connectivity index (χ1v) is 10.1. The van der Waals surface area contributed by atoms with Crippen molar-refractivity contribution in [3.63, 3.8) is 0 Å². The largest absolute Gasteiger partial charge is 0.493 e. The highest BCUT2D eigenvalue weighted by atomic mass is 79.9. The number of thiocarbonyl (C=S) groups is 1. The van der Waals surface area contributed by atoms with E-state index in [9.17, 15) is 9.59 Å². The Bertz CT molecular complexity index is 1020. The predicted octanol–water partition coefficient (Wildman–Crippen LogP) is 4.34. The van der Waals surface area contributed by atoms with Crippen molar-refractivity contribution in [1.29, 1.82) is 0 Å². The van der Waals surface area contributed by atoms with Crippen molar-refractivity contribution in [3.05, 3.63) is 57.0 Å². The molecule has 0 atom stereocenters. The zero-order chi connectivity index (χ0) is 21.1. The number of anilines is 1. The van der Waals surface area contributed by atoms with E-state index in [0.29, 0.717) is 38.9 Å². The van der Waals surface area contributed by atoms with Gasteiger partial charge in [0.25, 0.3) is 11.8 Å². The highest BCUT2D eigenvalue weighted by molar-refractivity contribution is 9.10. The highest BCUT2D eigenvalue weighted by Crippen LogP contribution is 2.37. The number of benzene rings is 2. The number of carbonyl (C=O) groups is 2. The molecule has 1 aliphatic heterocycles. The van der Waals surface area contributed by atoms with Crippen LogP contribution in [0.25, 0.3) is 6.08 Å². The first-order chi connectivity index (χ1) is 13.8. The monoisotopic (exact) mass is 494 g/mol. The van der Waals surface area contributed by atoms with E-state index in [4.69, 9.17) is 33.3 Å². The molecule has 0 bridgehead atoms. The van der Waals surface area contributed by atoms with Crippen molar-refractivity contribution in [2.75, 3.05) is 18.6 Å². The summed E-state index contributed by atoms with van der Waals surface area (Å²) >= 11 is 14.5. The average molecular weight is 496 g/mol. The molecule has 1 saturated heterocycles. The maximum Gasteiger partial charge on any atom is 0.270 e. The van der Waals surface area contributed by atoms with E-state index in [0.717, 1.165) is 0 Å². The lowest BCUT2D eigenvalue weighted by atomic mass is 10.1. The molecule has 9 heteroatoms. The summed E-state index contributed by atoms with van der Waals surface area (Å²) < 4.78 is 11.6. The van der Waals surface area contributed by atoms with Gasteiger partial charge in [0.2, 0.25) is 0 Å². The van der Waals surface area contributed by atoms with Crippen LogP contribution in [0.15, 0.2) is 46.4 Å². The second kappa shape index (κ2) is 8.94. The van der Waals surface area contributed by atoms with Crippen molar-refractivity contribution in [2.24, 2.45) is 0 Å². The molecule has 1 aliphatic rings. The van der Waals surface area contributed by atoms with Crippen LogP contribution in [-0.4, -0.2) is 30.6 Å². The van der Waals surface area contributed by atoms with Crippen LogP contribution in [0.2, 0.25) is 5.02 Å². The minimum atomic E-state index is -0.575. The van der Waals surface area contributed by atoms with Gasteiger partial charge in [-0.25, -0.2) is 0 Å². The maximum absolute atomic E-state index is 13.1. The average Bonchev–Trinajstić information content (AvgIpc) is 2.68. The minimum Gasteiger partial charge on any atom is -0.493 e. The van der Waals surface area contributed by atoms with Crippen LogP contribution in [-0.2, 0) is 9.59 Å². The number of methoxy groups -OCH3 is 1. The number of nitrogens with zero attached hydrogens (tertiary/aromatic N) is 1. The third kappa shape index (κ3) is 4.44. The molecule has 150 valence electrons. The van der Waals surface area contributed by atoms with Crippen LogP contribution in [0.5, 0.6) is 11.5 Å². The number of hydrogen-bond acceptors (Lipinski definition) is 5. The molecular weight excluding hydrogens is 480 g/mol. The molecule has 0 spiro atoms. The summed E-state index contributed by atoms with van der Waals surface area (Å²) in [5, 5.41) is 3.07. The SMILES string of the molecule is CCOc1c(Br)cc(C=C2C(=O)NC(=S)N(c3ccc(Cl)cc3)C2=O)cc1OC. The highest BCUT2D eigenvalue weighted by Gasteiger charge is 2.34. The van der Waals surface area contributed by atoms with E-state index in [2.05, 4.69) is 21.2 Å². The fourth-order valence-corrected chi connectivity index (χ4v) is 3.74. The number of carbonyl (C=O) groups excluding carboxylic acids is 2. The summed E-state index contributed by atoms with van der Waals surface area (Å²) in [5.74, 6) is -0.0957. The van der Waals surface area contributed by atoms with Gasteiger partial charge in [-0.3, -0.25) is 19.8 Å². The van der Waals surface area contributed by atoms with Gasteiger partial charge in [0.1, 0.15) is 5.57 Å². The van der Waals surface area contributed by atoms with Gasteiger partial charge in [-0.2, -0.15) is 0 Å². The summed E-state index contributed by atoms with van der Waals surface area (Å²) in [6.07, 6.45) is 1.48. The van der Waals surface area contributed by atoms with Gasteiger partial charge in [0, 0.05) is 5.02 Å². The normalized spacial score (nSPS) is 15.5. The molecule has 1 N–H and O–H groups in total. The summed E-state index contributed by atoms with van der Waals surface area (Å²) in [6.45, 7) is 2.32. The van der Waals surface area contributed by atoms with E-state index < -0.39 is 11.8 Å². The topological polar surface area (TPSA) is 67.9 Å². The third-order valence-corrected chi connectivity index (χ3v) is 5.16. The Labute approximate surface area is 186 Å². The van der Waals surface area contributed by atoms with E-state index >= 15 is 0 Å². The molecule has 0 unspecified atom stereocenters. The van der Waals surface area contributed by atoms with Crippen LogP contribution in [0, 0.1) is 0 Å². The molecule has 1 heterocycles. The zero-order valence-corrected chi connectivity index (χ0v) is 18.7. The summed E-state index contributed by atoms with van der Waals surface area (Å²) in [6, 6.07) is 10.0. The van der Waals surface area contributed by atoms with Crippen LogP contribution in [0.1, 0.15) is 12.5 Å². The molecule has 2 aromatic rings. The van der Waals surface area contributed by atoms with E-state index in [1.165, 1.54) is 18.1 Å². The molecule has 29 heavy (non-hydrogen) atoms. The summed E-state index contributed by atoms with van der Waals surface area (Å²) in [5.41, 5.74) is 1.02. The van der Waals surface area contributed by atoms with Gasteiger partial charge in [0.05, 0.1) is 23.9 Å². The first-order valence-electron chi connectivity index (χ1n) is 8.53. The molecule has 0 aromatic heterocycles. The third-order valence-electron chi connectivity index (χ3n) is 4.04. The lowest BCUT2D eigenvalue weighted by Gasteiger charge is -2.29. The number of rotatable bonds is 5. The summed E-state index contributed by atoms with van der Waals surface area (Å²) in [4.78, 5) is 26.8. The number of halogens is 2. The molecule has 0 radical (unpaired) electrons. The smallest absolute Gasteiger partial charge is 0.270 e. The molecule has 2 amide bonds. The van der Waals surface area contributed by atoms with E-state index in [1.54, 1.807) is 36.4 Å². The minimum absolute atomic E-state index is 0.00456. The second-order valence-corrected chi connectivity index (χ2v) is 7.58. The van der Waals surface area contributed by atoms with Crippen molar-refractivity contribution in [1.82, 2.24) is 5.32 Å². The quantitative estimate of drug-likeness (QED) is 0.380. The fourth-order valence-electron chi connectivity index (χ4n) is 2.76. The molecule has 6 nitrogen and oxygen atoms in total. The molecule has 2 aromatic carbocycles. The van der Waals surface area contributed by atoms with Crippen molar-refractivity contribution in [2.45, 2.75) is 6.92 Å². The molecule has 3 rings (SSSR count). The van der Waals surface area contributed by atoms with Crippen LogP contribution < -0.4 is 19.7 Å². The summed E-state index contributed by atoms with van der Waals surface area (Å²) in [7, 11) is 1.51. The van der Waals surface area contributed by atoms with Crippen LogP contribution >= 0.6 is 39.7 Å². The second-order valence-electron chi connectivity index (χ2n) is 5.90. The van der Waals surface area contributed by atoms with Crippen molar-refractivity contribution < 1.29 is 19.1 Å². The lowest BCUT2D eigenvalue weighted by molar-refractivity contribution is -0.122. The Kier molecular flexibility index (Phi) is 6.56. The molecule has 1 fully saturated rings. The van der Waals surface area contributed by atoms with E-state index in [-0.39, 0.29) is 10.7 Å². The Morgan fingerprint density at radius 1 is 1.24 bits per heavy atom. The first kappa shape index (κ1) is 21.3. The number of nitrogens with one attached hydrogen (secondary N) is 1. The van der Waals surface area contributed by atoms with Gasteiger partial charge in [-0.15, -0.1) is 0 Å². The van der Waals surface area contributed by atoms with Crippen LogP contribution in [0.4, 0.5) is 5.69 Å². The van der Waals surface area contributed by atoms with Gasteiger partial charge in [-0.05, 0) is 83.1 Å². The Morgan fingerprint density at radius 2 is 1.93 bits per heavy atom. The number of ether oxygens (including phenoxy) is 2. The van der Waals surface area contributed by atoms with Crippen molar-refractivity contribution in [3.8, 4) is 11.5 Å². The van der Waals surface area contributed by atoms with Crippen LogP contribution in [0.3, 0.4) is 0 Å². The van der Waals surface area contributed by atoms with Gasteiger partial charge in [-0.1, -0.05) is 11.6 Å². The molecule has 0 aliphatic carbocycles.